The molecule has 0 unspecified atom stereocenters. The molecule has 0 fully saturated rings. The maximum absolute atomic E-state index is 2.27. The zero-order chi connectivity index (χ0) is 6.28. The van der Waals surface area contributed by atoms with Gasteiger partial charge in [-0.25, -0.2) is 0 Å². The molecule has 0 aliphatic heterocycles. The average molecular weight is 462 g/mol. The van der Waals surface area contributed by atoms with Gasteiger partial charge in [-0.3, -0.25) is 0 Å². The largest absolute Gasteiger partial charge is 0.0776 e. The van der Waals surface area contributed by atoms with Crippen LogP contribution in [0.3, 0.4) is 0 Å². The van der Waals surface area contributed by atoms with Gasteiger partial charge in [0.25, 0.3) is 0 Å². The Balaban J connectivity index is -0.00000000344. The summed E-state index contributed by atoms with van der Waals surface area (Å²) >= 11 is 0. The summed E-state index contributed by atoms with van der Waals surface area (Å²) in [5, 5.41) is 0. The van der Waals surface area contributed by atoms with E-state index in [-0.39, 0.29) is 137 Å². The van der Waals surface area contributed by atoms with E-state index in [9.17, 15) is 0 Å². The van der Waals surface area contributed by atoms with E-state index in [0.717, 1.165) is 9.52 Å². The van der Waals surface area contributed by atoms with Gasteiger partial charge in [0.05, 0.1) is 0 Å². The number of hydrogen-bond acceptors (Lipinski definition) is 0. The van der Waals surface area contributed by atoms with Crippen molar-refractivity contribution >= 4 is 18.3 Å². The molecule has 6 radical (unpaired) electrons. The fourth-order valence-corrected chi connectivity index (χ4v) is 0. The van der Waals surface area contributed by atoms with Crippen molar-refractivity contribution < 1.29 is 98.1 Å². The first-order valence-electron chi connectivity index (χ1n) is 2.50. The third-order valence-corrected chi connectivity index (χ3v) is 0. The molecule has 0 aromatic carbocycles. The fraction of sp³-hybridized carbons (Fsp3) is 1.00. The van der Waals surface area contributed by atoms with Crippen LogP contribution in [0.2, 0.25) is 32.7 Å². The number of rotatable bonds is 0. The quantitative estimate of drug-likeness (QED) is 0.459. The second-order valence-corrected chi connectivity index (χ2v) is 6.00. The van der Waals surface area contributed by atoms with Crippen molar-refractivity contribution in [3.63, 3.8) is 0 Å². The van der Waals surface area contributed by atoms with E-state index >= 15 is 0 Å². The third kappa shape index (κ3) is 244. The van der Waals surface area contributed by atoms with Gasteiger partial charge in [0, 0.05) is 116 Å². The Morgan fingerprint density at radius 2 is 0.643 bits per heavy atom. The summed E-state index contributed by atoms with van der Waals surface area (Å²) in [4.78, 5) is 0. The zero-order valence-electron chi connectivity index (χ0n) is 7.73. The van der Waals surface area contributed by atoms with Gasteiger partial charge in [-0.15, -0.1) is 0 Å². The first-order chi connectivity index (χ1) is 3.15. The van der Waals surface area contributed by atoms with Crippen molar-refractivity contribution in [2.75, 3.05) is 0 Å². The van der Waals surface area contributed by atoms with Crippen LogP contribution in [0.25, 0.3) is 0 Å². The maximum Gasteiger partial charge on any atom is 0.0379 e. The molecule has 0 heterocycles. The van der Waals surface area contributed by atoms with Gasteiger partial charge < -0.3 is 0 Å². The monoisotopic (exact) mass is 462 g/mol. The molecule has 0 amide bonds. The molecule has 14 heavy (non-hydrogen) atoms. The van der Waals surface area contributed by atoms with Gasteiger partial charge in [0.2, 0.25) is 0 Å². The van der Waals surface area contributed by atoms with Gasteiger partial charge in [-0.1, -0.05) is 62.4 Å². The summed E-state index contributed by atoms with van der Waals surface area (Å²) in [6.07, 6.45) is 0. The molecule has 0 aliphatic rings. The van der Waals surface area contributed by atoms with E-state index in [1.54, 1.807) is 0 Å². The Morgan fingerprint density at radius 1 is 0.643 bits per heavy atom. The molecule has 5 heteroatoms. The van der Waals surface area contributed by atoms with Crippen LogP contribution in [-0.4, -0.2) is 18.3 Å². The molecule has 0 spiro atoms. The van der Waals surface area contributed by atoms with E-state index in [4.69, 9.17) is 0 Å². The SMILES string of the molecule is C.C.C.C.C[Si](C)C.C[Si]C.[Y].[Y].[Y]. The molecule has 0 atom stereocenters. The second kappa shape index (κ2) is 69.2. The van der Waals surface area contributed by atoms with Gasteiger partial charge in [-0.2, -0.15) is 0 Å². The van der Waals surface area contributed by atoms with Crippen molar-refractivity contribution in [2.24, 2.45) is 0 Å². The summed E-state index contributed by atoms with van der Waals surface area (Å²) in [5.41, 5.74) is 0. The molecular weight excluding hydrogens is 431 g/mol. The Hall–Kier alpha value is 3.75. The molecule has 0 saturated carbocycles. The Morgan fingerprint density at radius 3 is 0.643 bits per heavy atom. The Kier molecular flexibility index (Phi) is 322. The molecule has 0 bridgehead atoms. The van der Waals surface area contributed by atoms with E-state index in [1.165, 1.54) is 0 Å². The van der Waals surface area contributed by atoms with Gasteiger partial charge in [0.1, 0.15) is 0 Å². The first kappa shape index (κ1) is 65.1. The minimum Gasteiger partial charge on any atom is -0.0776 e. The van der Waals surface area contributed by atoms with Crippen LogP contribution in [-0.2, 0) is 98.1 Å². The van der Waals surface area contributed by atoms with Crippen molar-refractivity contribution in [3.8, 4) is 0 Å². The van der Waals surface area contributed by atoms with Gasteiger partial charge >= 0.3 is 0 Å². The van der Waals surface area contributed by atoms with Crippen LogP contribution in [0.1, 0.15) is 29.7 Å². The first-order valence-corrected chi connectivity index (χ1v) is 7.50. The zero-order valence-corrected chi connectivity index (χ0v) is 18.2. The summed E-state index contributed by atoms with van der Waals surface area (Å²) in [6, 6.07) is 0. The smallest absolute Gasteiger partial charge is 0.0379 e. The molecule has 84 valence electrons. The Bertz CT molecular complexity index is 29.3. The van der Waals surface area contributed by atoms with E-state index in [2.05, 4.69) is 32.7 Å². The molecule has 0 saturated heterocycles. The van der Waals surface area contributed by atoms with Crippen LogP contribution in [0.5, 0.6) is 0 Å². The predicted octanol–water partition coefficient (Wildman–Crippen LogP) is 4.69. The van der Waals surface area contributed by atoms with E-state index < -0.39 is 0 Å². The topological polar surface area (TPSA) is 0 Å². The van der Waals surface area contributed by atoms with Gasteiger partial charge in [-0.05, 0) is 0 Å². The molecule has 0 aliphatic carbocycles. The molecular formula is C9H31Si2Y3. The second-order valence-electron chi connectivity index (χ2n) is 2.00. The predicted molar refractivity (Wildman–Crippen MR) is 67.8 cm³/mol. The summed E-state index contributed by atoms with van der Waals surface area (Å²) in [6.45, 7) is 11.1. The molecule has 0 aromatic heterocycles. The van der Waals surface area contributed by atoms with Crippen LogP contribution < -0.4 is 0 Å². The van der Waals surface area contributed by atoms with Crippen molar-refractivity contribution in [1.29, 1.82) is 0 Å². The summed E-state index contributed by atoms with van der Waals surface area (Å²) < 4.78 is 0. The third-order valence-electron chi connectivity index (χ3n) is 0. The van der Waals surface area contributed by atoms with Crippen LogP contribution in [0.15, 0.2) is 0 Å². The molecule has 0 aromatic rings. The van der Waals surface area contributed by atoms with Crippen LogP contribution in [0, 0.1) is 0 Å². The summed E-state index contributed by atoms with van der Waals surface area (Å²) in [5.74, 6) is 0. The van der Waals surface area contributed by atoms with Crippen LogP contribution in [0.4, 0.5) is 0 Å². The standard InChI is InChI=1S/C3H9Si.C2H6Si.4CH4.3Y/c1-4(2)3;1-3-2;;;;;;;/h1-3H3;1-2H3;4*1H4;;;. The maximum atomic E-state index is 2.27. The van der Waals surface area contributed by atoms with Crippen LogP contribution >= 0.6 is 0 Å². The minimum atomic E-state index is 0. The average Bonchev–Trinajstić information content (AvgIpc) is 1.33. The molecule has 0 N–H and O–H groups in total. The molecule has 0 rings (SSSR count). The minimum absolute atomic E-state index is 0. The molecule has 0 nitrogen and oxygen atoms in total. The van der Waals surface area contributed by atoms with Crippen molar-refractivity contribution in [2.45, 2.75) is 62.4 Å². The van der Waals surface area contributed by atoms with Crippen molar-refractivity contribution in [1.82, 2.24) is 0 Å². The summed E-state index contributed by atoms with van der Waals surface area (Å²) in [7, 11) is 1.20. The van der Waals surface area contributed by atoms with Gasteiger partial charge in [0.15, 0.2) is 0 Å². The van der Waals surface area contributed by atoms with E-state index in [1.807, 2.05) is 0 Å². The van der Waals surface area contributed by atoms with Crippen molar-refractivity contribution in [3.05, 3.63) is 0 Å². The Labute approximate surface area is 175 Å². The fourth-order valence-electron chi connectivity index (χ4n) is 0. The number of hydrogen-bond donors (Lipinski definition) is 0. The van der Waals surface area contributed by atoms with E-state index in [0.29, 0.717) is 0 Å². The normalized spacial score (nSPS) is 3.86.